The van der Waals surface area contributed by atoms with E-state index in [-0.39, 0.29) is 6.04 Å². The van der Waals surface area contributed by atoms with E-state index in [1.165, 1.54) is 4.70 Å². The summed E-state index contributed by atoms with van der Waals surface area (Å²) < 4.78 is 2.25. The van der Waals surface area contributed by atoms with E-state index in [2.05, 4.69) is 44.2 Å². The second-order valence-corrected chi connectivity index (χ2v) is 6.20. The zero-order valence-electron chi connectivity index (χ0n) is 10.3. The van der Waals surface area contributed by atoms with Crippen molar-refractivity contribution in [3.63, 3.8) is 0 Å². The highest BCUT2D eigenvalue weighted by Crippen LogP contribution is 2.30. The van der Waals surface area contributed by atoms with E-state index < -0.39 is 0 Å². The highest BCUT2D eigenvalue weighted by Gasteiger charge is 2.09. The zero-order valence-corrected chi connectivity index (χ0v) is 12.7. The van der Waals surface area contributed by atoms with Crippen LogP contribution in [-0.2, 0) is 0 Å². The predicted octanol–water partition coefficient (Wildman–Crippen LogP) is 4.63. The standard InChI is InChI=1S/C14H12BrN3S/c1-9(11-4-2-3-7-16-11)17-14-18-12-6-5-10(15)8-13(12)19-14/h2-9H,1H3,(H,17,18). The van der Waals surface area contributed by atoms with Crippen molar-refractivity contribution in [3.05, 3.63) is 52.8 Å². The smallest absolute Gasteiger partial charge is 0.184 e. The van der Waals surface area contributed by atoms with Crippen LogP contribution in [0.2, 0.25) is 0 Å². The summed E-state index contributed by atoms with van der Waals surface area (Å²) in [5.41, 5.74) is 2.03. The maximum absolute atomic E-state index is 4.58. The van der Waals surface area contributed by atoms with E-state index in [0.717, 1.165) is 20.8 Å². The minimum Gasteiger partial charge on any atom is -0.353 e. The van der Waals surface area contributed by atoms with E-state index in [9.17, 15) is 0 Å². The van der Waals surface area contributed by atoms with Gasteiger partial charge in [-0.1, -0.05) is 33.3 Å². The van der Waals surface area contributed by atoms with Crippen LogP contribution in [0, 0.1) is 0 Å². The Bertz CT molecular complexity index is 696. The quantitative estimate of drug-likeness (QED) is 0.759. The average Bonchev–Trinajstić information content (AvgIpc) is 2.81. The van der Waals surface area contributed by atoms with Crippen LogP contribution in [0.1, 0.15) is 18.7 Å². The van der Waals surface area contributed by atoms with Crippen molar-refractivity contribution >= 4 is 42.6 Å². The zero-order chi connectivity index (χ0) is 13.2. The van der Waals surface area contributed by atoms with Crippen molar-refractivity contribution in [3.8, 4) is 0 Å². The molecule has 0 aliphatic carbocycles. The molecule has 0 bridgehead atoms. The first-order chi connectivity index (χ1) is 9.22. The molecule has 0 aliphatic rings. The molecule has 1 unspecified atom stereocenters. The highest BCUT2D eigenvalue weighted by molar-refractivity contribution is 9.10. The summed E-state index contributed by atoms with van der Waals surface area (Å²) in [5, 5.41) is 4.32. The fraction of sp³-hybridized carbons (Fsp3) is 0.143. The molecule has 0 amide bonds. The minimum atomic E-state index is 0.144. The minimum absolute atomic E-state index is 0.144. The van der Waals surface area contributed by atoms with Crippen molar-refractivity contribution in [2.24, 2.45) is 0 Å². The van der Waals surface area contributed by atoms with Crippen LogP contribution in [0.3, 0.4) is 0 Å². The Labute approximate surface area is 123 Å². The SMILES string of the molecule is CC(Nc1nc2ccc(Br)cc2s1)c1ccccn1. The Morgan fingerprint density at radius 1 is 1.26 bits per heavy atom. The van der Waals surface area contributed by atoms with Gasteiger partial charge in [0.25, 0.3) is 0 Å². The molecule has 3 aromatic rings. The molecule has 3 nitrogen and oxygen atoms in total. The summed E-state index contributed by atoms with van der Waals surface area (Å²) in [4.78, 5) is 8.93. The van der Waals surface area contributed by atoms with Gasteiger partial charge in [0.05, 0.1) is 22.0 Å². The van der Waals surface area contributed by atoms with Gasteiger partial charge in [0.2, 0.25) is 0 Å². The van der Waals surface area contributed by atoms with Crippen molar-refractivity contribution in [2.75, 3.05) is 5.32 Å². The van der Waals surface area contributed by atoms with Crippen LogP contribution in [0.15, 0.2) is 47.1 Å². The Kier molecular flexibility index (Phi) is 3.48. The lowest BCUT2D eigenvalue weighted by atomic mass is 10.2. The van der Waals surface area contributed by atoms with Crippen LogP contribution in [0.5, 0.6) is 0 Å². The second kappa shape index (κ2) is 5.27. The molecule has 19 heavy (non-hydrogen) atoms. The lowest BCUT2D eigenvalue weighted by Gasteiger charge is -2.11. The number of hydrogen-bond donors (Lipinski definition) is 1. The second-order valence-electron chi connectivity index (χ2n) is 4.25. The topological polar surface area (TPSA) is 37.8 Å². The van der Waals surface area contributed by atoms with Crippen LogP contribution in [-0.4, -0.2) is 9.97 Å². The van der Waals surface area contributed by atoms with Gasteiger partial charge in [0, 0.05) is 10.7 Å². The average molecular weight is 334 g/mol. The lowest BCUT2D eigenvalue weighted by Crippen LogP contribution is -2.07. The number of thiazole rings is 1. The maximum Gasteiger partial charge on any atom is 0.184 e. The van der Waals surface area contributed by atoms with Gasteiger partial charge in [-0.25, -0.2) is 4.98 Å². The summed E-state index contributed by atoms with van der Waals surface area (Å²) in [6, 6.07) is 12.2. The molecule has 2 heterocycles. The largest absolute Gasteiger partial charge is 0.353 e. The number of aromatic nitrogens is 2. The first-order valence-corrected chi connectivity index (χ1v) is 7.57. The number of rotatable bonds is 3. The molecule has 3 rings (SSSR count). The summed E-state index contributed by atoms with van der Waals surface area (Å²) in [6.45, 7) is 2.09. The number of hydrogen-bond acceptors (Lipinski definition) is 4. The molecule has 0 saturated carbocycles. The normalized spacial score (nSPS) is 12.5. The van der Waals surface area contributed by atoms with Crippen molar-refractivity contribution in [2.45, 2.75) is 13.0 Å². The third kappa shape index (κ3) is 2.77. The number of nitrogens with zero attached hydrogens (tertiary/aromatic N) is 2. The van der Waals surface area contributed by atoms with Crippen molar-refractivity contribution in [1.29, 1.82) is 0 Å². The third-order valence-corrected chi connectivity index (χ3v) is 4.26. The summed E-state index contributed by atoms with van der Waals surface area (Å²) in [5.74, 6) is 0. The fourth-order valence-corrected chi connectivity index (χ4v) is 3.36. The maximum atomic E-state index is 4.58. The predicted molar refractivity (Wildman–Crippen MR) is 83.6 cm³/mol. The van der Waals surface area contributed by atoms with Crippen LogP contribution in [0.25, 0.3) is 10.2 Å². The van der Waals surface area contributed by atoms with Gasteiger partial charge in [0.15, 0.2) is 5.13 Å². The molecule has 0 aliphatic heterocycles. The van der Waals surface area contributed by atoms with E-state index in [1.54, 1.807) is 11.3 Å². The fourth-order valence-electron chi connectivity index (χ4n) is 1.85. The van der Waals surface area contributed by atoms with E-state index in [0.29, 0.717) is 0 Å². The number of halogens is 1. The first kappa shape index (κ1) is 12.6. The molecule has 0 saturated heterocycles. The number of pyridine rings is 1. The molecular formula is C14H12BrN3S. The highest BCUT2D eigenvalue weighted by atomic mass is 79.9. The van der Waals surface area contributed by atoms with Gasteiger partial charge in [-0.3, -0.25) is 4.98 Å². The molecule has 0 radical (unpaired) electrons. The summed E-state index contributed by atoms with van der Waals surface area (Å²) >= 11 is 5.13. The van der Waals surface area contributed by atoms with E-state index in [1.807, 2.05) is 36.5 Å². The van der Waals surface area contributed by atoms with Gasteiger partial charge in [0.1, 0.15) is 0 Å². The molecule has 1 N–H and O–H groups in total. The monoisotopic (exact) mass is 333 g/mol. The summed E-state index contributed by atoms with van der Waals surface area (Å²) in [6.07, 6.45) is 1.81. The molecule has 5 heteroatoms. The van der Waals surface area contributed by atoms with Crippen LogP contribution in [0.4, 0.5) is 5.13 Å². The lowest BCUT2D eigenvalue weighted by molar-refractivity contribution is 0.838. The third-order valence-electron chi connectivity index (χ3n) is 2.82. The van der Waals surface area contributed by atoms with Gasteiger partial charge < -0.3 is 5.32 Å². The van der Waals surface area contributed by atoms with Gasteiger partial charge in [-0.05, 0) is 37.3 Å². The molecule has 1 atom stereocenters. The number of anilines is 1. The molecule has 0 spiro atoms. The molecule has 0 fully saturated rings. The summed E-state index contributed by atoms with van der Waals surface area (Å²) in [7, 11) is 0. The first-order valence-electron chi connectivity index (χ1n) is 5.96. The Morgan fingerprint density at radius 3 is 2.95 bits per heavy atom. The van der Waals surface area contributed by atoms with Gasteiger partial charge >= 0.3 is 0 Å². The number of fused-ring (bicyclic) bond motifs is 1. The molecule has 1 aromatic carbocycles. The molecule has 2 aromatic heterocycles. The van der Waals surface area contributed by atoms with Gasteiger partial charge in [-0.15, -0.1) is 0 Å². The number of benzene rings is 1. The van der Waals surface area contributed by atoms with E-state index in [4.69, 9.17) is 0 Å². The molecule has 96 valence electrons. The van der Waals surface area contributed by atoms with E-state index >= 15 is 0 Å². The Morgan fingerprint density at radius 2 is 2.16 bits per heavy atom. The van der Waals surface area contributed by atoms with Crippen LogP contribution >= 0.6 is 27.3 Å². The Hall–Kier alpha value is -1.46. The Balaban J connectivity index is 1.85. The number of nitrogens with one attached hydrogen (secondary N) is 1. The van der Waals surface area contributed by atoms with Gasteiger partial charge in [-0.2, -0.15) is 0 Å². The van der Waals surface area contributed by atoms with Crippen molar-refractivity contribution in [1.82, 2.24) is 9.97 Å². The molecular weight excluding hydrogens is 322 g/mol. The van der Waals surface area contributed by atoms with Crippen LogP contribution < -0.4 is 5.32 Å². The van der Waals surface area contributed by atoms with Crippen molar-refractivity contribution < 1.29 is 0 Å².